The zero-order valence-corrected chi connectivity index (χ0v) is 21.8. The molecule has 0 atom stereocenters. The Morgan fingerprint density at radius 1 is 1.03 bits per heavy atom. The van der Waals surface area contributed by atoms with E-state index in [9.17, 15) is 4.79 Å². The van der Waals surface area contributed by atoms with Gasteiger partial charge in [0.25, 0.3) is 0 Å². The lowest BCUT2D eigenvalue weighted by Crippen LogP contribution is -2.14. The average Bonchev–Trinajstić information content (AvgIpc) is 3.44. The molecule has 0 unspecified atom stereocenters. The van der Waals surface area contributed by atoms with Crippen LogP contribution >= 0.6 is 23.1 Å². The Morgan fingerprint density at radius 3 is 2.64 bits per heavy atom. The van der Waals surface area contributed by atoms with Gasteiger partial charge >= 0.3 is 0 Å². The Bertz CT molecular complexity index is 1530. The fourth-order valence-corrected chi connectivity index (χ4v) is 5.48. The summed E-state index contributed by atoms with van der Waals surface area (Å²) in [6.07, 6.45) is 0. The number of anilines is 1. The quantitative estimate of drug-likeness (QED) is 0.255. The number of nitrogens with zero attached hydrogens (tertiary/aromatic N) is 4. The lowest BCUT2D eigenvalue weighted by atomic mass is 10.0. The third kappa shape index (κ3) is 5.12. The van der Waals surface area contributed by atoms with Crippen LogP contribution in [0.3, 0.4) is 0 Å². The van der Waals surface area contributed by atoms with Crippen molar-refractivity contribution in [3.05, 3.63) is 83.0 Å². The van der Waals surface area contributed by atoms with Crippen molar-refractivity contribution in [1.82, 2.24) is 19.7 Å². The molecule has 7 nitrogen and oxygen atoms in total. The second-order valence-corrected chi connectivity index (χ2v) is 10.4. The molecule has 0 fully saturated rings. The molecule has 0 aliphatic carbocycles. The fraction of sp³-hybridized carbons (Fsp3) is 0.185. The number of rotatable bonds is 8. The van der Waals surface area contributed by atoms with Crippen LogP contribution in [0, 0.1) is 13.8 Å². The summed E-state index contributed by atoms with van der Waals surface area (Å²) in [7, 11) is 1.88. The van der Waals surface area contributed by atoms with E-state index in [1.165, 1.54) is 33.9 Å². The minimum absolute atomic E-state index is 0.138. The number of nitrogens with one attached hydrogen (secondary N) is 1. The number of amides is 1. The minimum atomic E-state index is -0.138. The van der Waals surface area contributed by atoms with Gasteiger partial charge in [-0.1, -0.05) is 72.4 Å². The van der Waals surface area contributed by atoms with Gasteiger partial charge in [0.05, 0.1) is 11.4 Å². The summed E-state index contributed by atoms with van der Waals surface area (Å²) in [6, 6.07) is 22.2. The number of hydrogen-bond donors (Lipinski definition) is 1. The number of ether oxygens (including phenoxy) is 1. The van der Waals surface area contributed by atoms with Crippen molar-refractivity contribution in [3.63, 3.8) is 0 Å². The number of carbonyl (C=O) groups is 1. The smallest absolute Gasteiger partial charge is 0.236 e. The van der Waals surface area contributed by atoms with E-state index in [1.807, 2.05) is 67.1 Å². The summed E-state index contributed by atoms with van der Waals surface area (Å²) in [5.74, 6) is 1.57. The highest BCUT2D eigenvalue weighted by molar-refractivity contribution is 7.99. The molecule has 1 N–H and O–H groups in total. The molecule has 0 aliphatic rings. The predicted molar refractivity (Wildman–Crippen MR) is 146 cm³/mol. The van der Waals surface area contributed by atoms with Crippen LogP contribution in [-0.4, -0.2) is 31.4 Å². The maximum atomic E-state index is 12.6. The van der Waals surface area contributed by atoms with Gasteiger partial charge in [-0.3, -0.25) is 4.79 Å². The van der Waals surface area contributed by atoms with Gasteiger partial charge in [0.1, 0.15) is 12.4 Å². The first-order valence-electron chi connectivity index (χ1n) is 11.4. The van der Waals surface area contributed by atoms with Crippen molar-refractivity contribution in [2.75, 3.05) is 11.1 Å². The average molecular weight is 516 g/mol. The molecular formula is C27H25N5O2S2. The highest BCUT2D eigenvalue weighted by Crippen LogP contribution is 2.31. The van der Waals surface area contributed by atoms with Crippen molar-refractivity contribution in [3.8, 4) is 17.0 Å². The summed E-state index contributed by atoms with van der Waals surface area (Å²) in [4.78, 5) is 18.2. The van der Waals surface area contributed by atoms with E-state index in [-0.39, 0.29) is 18.3 Å². The van der Waals surface area contributed by atoms with Crippen LogP contribution in [0.15, 0.2) is 71.9 Å². The molecule has 2 heterocycles. The number of thioether (sulfide) groups is 1. The molecule has 3 aromatic carbocycles. The highest BCUT2D eigenvalue weighted by atomic mass is 32.2. The fourth-order valence-electron chi connectivity index (χ4n) is 3.90. The number of hydrogen-bond acceptors (Lipinski definition) is 7. The number of benzene rings is 3. The Morgan fingerprint density at radius 2 is 1.81 bits per heavy atom. The van der Waals surface area contributed by atoms with Crippen LogP contribution < -0.4 is 10.1 Å². The van der Waals surface area contributed by atoms with Crippen LogP contribution in [0.25, 0.3) is 22.0 Å². The SMILES string of the molecule is Cc1sc(NC(=O)CSc2nnc(COc3ccc4ccccc4c3C)n2C)nc1-c1ccccc1. The molecule has 0 saturated carbocycles. The van der Waals surface area contributed by atoms with E-state index in [0.717, 1.165) is 27.4 Å². The van der Waals surface area contributed by atoms with Crippen molar-refractivity contribution in [2.45, 2.75) is 25.6 Å². The van der Waals surface area contributed by atoms with Gasteiger partial charge in [-0.2, -0.15) is 0 Å². The molecule has 0 aliphatic heterocycles. The topological polar surface area (TPSA) is 81.9 Å². The van der Waals surface area contributed by atoms with E-state index in [4.69, 9.17) is 4.74 Å². The van der Waals surface area contributed by atoms with E-state index in [0.29, 0.717) is 16.1 Å². The van der Waals surface area contributed by atoms with Crippen LogP contribution in [-0.2, 0) is 18.4 Å². The van der Waals surface area contributed by atoms with Gasteiger partial charge in [-0.05, 0) is 36.2 Å². The van der Waals surface area contributed by atoms with Crippen molar-refractivity contribution in [2.24, 2.45) is 7.05 Å². The van der Waals surface area contributed by atoms with Crippen molar-refractivity contribution < 1.29 is 9.53 Å². The number of fused-ring (bicyclic) bond motifs is 1. The van der Waals surface area contributed by atoms with E-state index in [2.05, 4.69) is 45.6 Å². The van der Waals surface area contributed by atoms with Gasteiger partial charge in [0.15, 0.2) is 16.1 Å². The van der Waals surface area contributed by atoms with Crippen molar-refractivity contribution in [1.29, 1.82) is 0 Å². The number of aromatic nitrogens is 4. The molecule has 0 radical (unpaired) electrons. The molecule has 9 heteroatoms. The van der Waals surface area contributed by atoms with E-state index < -0.39 is 0 Å². The van der Waals surface area contributed by atoms with Crippen LogP contribution in [0.1, 0.15) is 16.3 Å². The van der Waals surface area contributed by atoms with Crippen LogP contribution in [0.4, 0.5) is 5.13 Å². The second-order valence-electron chi connectivity index (χ2n) is 8.28. The lowest BCUT2D eigenvalue weighted by molar-refractivity contribution is -0.113. The van der Waals surface area contributed by atoms with Gasteiger partial charge in [-0.25, -0.2) is 4.98 Å². The Hall–Kier alpha value is -3.69. The molecule has 0 bridgehead atoms. The second kappa shape index (κ2) is 10.5. The van der Waals surface area contributed by atoms with Crippen LogP contribution in [0.5, 0.6) is 5.75 Å². The number of aryl methyl sites for hydroxylation is 2. The molecule has 1 amide bonds. The third-order valence-electron chi connectivity index (χ3n) is 5.85. The summed E-state index contributed by atoms with van der Waals surface area (Å²) in [5.41, 5.74) is 3.02. The highest BCUT2D eigenvalue weighted by Gasteiger charge is 2.15. The summed E-state index contributed by atoms with van der Waals surface area (Å²) in [6.45, 7) is 4.35. The molecule has 0 spiro atoms. The molecule has 5 aromatic rings. The number of thiazole rings is 1. The maximum absolute atomic E-state index is 12.6. The molecule has 0 saturated heterocycles. The molecule has 5 rings (SSSR count). The Balaban J connectivity index is 1.18. The van der Waals surface area contributed by atoms with Gasteiger partial charge in [-0.15, -0.1) is 21.5 Å². The largest absolute Gasteiger partial charge is 0.485 e. The summed E-state index contributed by atoms with van der Waals surface area (Å²) >= 11 is 2.80. The summed E-state index contributed by atoms with van der Waals surface area (Å²) in [5, 5.41) is 15.0. The standard InChI is InChI=1S/C27H25N5O2S2/c1-17-21-12-8-7-9-19(21)13-14-22(17)34-15-23-30-31-27(32(23)3)35-16-24(33)28-26-29-25(18(2)36-26)20-10-5-4-6-11-20/h4-14H,15-16H2,1-3H3,(H,28,29,33). The Labute approximate surface area is 217 Å². The molecule has 36 heavy (non-hydrogen) atoms. The van der Waals surface area contributed by atoms with Gasteiger partial charge in [0.2, 0.25) is 5.91 Å². The zero-order valence-electron chi connectivity index (χ0n) is 20.2. The van der Waals surface area contributed by atoms with Crippen molar-refractivity contribution >= 4 is 44.9 Å². The predicted octanol–water partition coefficient (Wildman–Crippen LogP) is 6.02. The first-order valence-corrected chi connectivity index (χ1v) is 13.2. The monoisotopic (exact) mass is 515 g/mol. The summed E-state index contributed by atoms with van der Waals surface area (Å²) < 4.78 is 7.92. The first kappa shape index (κ1) is 24.0. The molecule has 2 aromatic heterocycles. The molecule has 182 valence electrons. The maximum Gasteiger partial charge on any atom is 0.236 e. The Kier molecular flexibility index (Phi) is 7.02. The molecular weight excluding hydrogens is 490 g/mol. The first-order chi connectivity index (χ1) is 17.5. The lowest BCUT2D eigenvalue weighted by Gasteiger charge is -2.11. The van der Waals surface area contributed by atoms with Gasteiger partial charge in [0, 0.05) is 17.5 Å². The van der Waals surface area contributed by atoms with Crippen LogP contribution in [0.2, 0.25) is 0 Å². The van der Waals surface area contributed by atoms with E-state index >= 15 is 0 Å². The minimum Gasteiger partial charge on any atom is -0.485 e. The normalized spacial score (nSPS) is 11.1. The van der Waals surface area contributed by atoms with Gasteiger partial charge < -0.3 is 14.6 Å². The zero-order chi connectivity index (χ0) is 25.1. The number of carbonyl (C=O) groups excluding carboxylic acids is 1. The van der Waals surface area contributed by atoms with E-state index in [1.54, 1.807) is 0 Å². The third-order valence-corrected chi connectivity index (χ3v) is 7.76.